The van der Waals surface area contributed by atoms with Gasteiger partial charge >= 0.3 is 0 Å². The van der Waals surface area contributed by atoms with Crippen molar-refractivity contribution in [2.45, 2.75) is 103 Å². The van der Waals surface area contributed by atoms with E-state index in [0.29, 0.717) is 29.6 Å². The number of nitrogens with zero attached hydrogens (tertiary/aromatic N) is 1. The number of benzene rings is 1. The van der Waals surface area contributed by atoms with Gasteiger partial charge in [0.2, 0.25) is 0 Å². The van der Waals surface area contributed by atoms with Crippen molar-refractivity contribution in [2.24, 2.45) is 35.0 Å². The number of Topliss-reactive ketones (excluding diaryl/α,β-unsaturated/α-hetero) is 1. The van der Waals surface area contributed by atoms with Crippen molar-refractivity contribution < 1.29 is 19.0 Å². The Morgan fingerprint density at radius 2 is 1.92 bits per heavy atom. The van der Waals surface area contributed by atoms with Gasteiger partial charge in [-0.05, 0) is 98.3 Å². The number of aliphatic hydroxyl groups is 1. The Morgan fingerprint density at radius 1 is 1.15 bits per heavy atom. The second-order valence-electron chi connectivity index (χ2n) is 14.2. The Hall–Kier alpha value is -1.82. The van der Waals surface area contributed by atoms with E-state index in [4.69, 9.17) is 4.74 Å². The molecule has 7 rings (SSSR count). The summed E-state index contributed by atoms with van der Waals surface area (Å²) in [5, 5.41) is 10.4. The molecule has 4 fully saturated rings. The van der Waals surface area contributed by atoms with E-state index in [1.165, 1.54) is 11.1 Å². The number of ketones is 1. The number of ether oxygens (including phenoxy) is 1. The number of carbonyl (C=O) groups is 1. The number of carbonyl (C=O) groups excluding carboxylic acids is 1. The lowest BCUT2D eigenvalue weighted by Gasteiger charge is -2.48. The van der Waals surface area contributed by atoms with Crippen LogP contribution in [-0.2, 0) is 16.1 Å². The number of hydrogen-bond donors (Lipinski definition) is 1. The molecule has 5 heteroatoms. The summed E-state index contributed by atoms with van der Waals surface area (Å²) in [5.41, 5.74) is 4.28. The Bertz CT molecular complexity index is 1240. The number of piperidine rings is 1. The van der Waals surface area contributed by atoms with Crippen molar-refractivity contribution in [1.29, 1.82) is 0 Å². The molecule has 2 saturated carbocycles. The predicted octanol–water partition coefficient (Wildman–Crippen LogP) is 6.23. The summed E-state index contributed by atoms with van der Waals surface area (Å²) in [6.45, 7) is 11.0. The normalized spacial score (nSPS) is 45.6. The molecule has 2 heterocycles. The molecule has 0 aromatic heterocycles. The van der Waals surface area contributed by atoms with E-state index in [9.17, 15) is 14.3 Å². The van der Waals surface area contributed by atoms with Crippen molar-refractivity contribution >= 4 is 5.78 Å². The molecule has 1 aromatic rings. The third-order valence-corrected chi connectivity index (χ3v) is 12.1. The highest BCUT2D eigenvalue weighted by molar-refractivity contribution is 6.02. The number of halogens is 1. The molecule has 1 spiro atoms. The van der Waals surface area contributed by atoms with Crippen LogP contribution in [0, 0.1) is 40.8 Å². The molecule has 6 aliphatic rings. The summed E-state index contributed by atoms with van der Waals surface area (Å²) in [4.78, 5) is 17.0. The first kappa shape index (κ1) is 26.1. The summed E-state index contributed by atoms with van der Waals surface area (Å²) in [7, 11) is 0. The van der Waals surface area contributed by atoms with Crippen LogP contribution in [0.4, 0.5) is 4.39 Å². The molecule has 1 aromatic carbocycles. The number of fused-ring (bicyclic) bond motifs is 6. The molecular formula is C34H44FNO3. The zero-order valence-corrected chi connectivity index (χ0v) is 24.0. The maximum Gasteiger partial charge on any atom is 0.163 e. The fourth-order valence-corrected chi connectivity index (χ4v) is 10.3. The predicted molar refractivity (Wildman–Crippen MR) is 149 cm³/mol. The molecule has 0 radical (unpaired) electrons. The lowest BCUT2D eigenvalue weighted by molar-refractivity contribution is -0.123. The summed E-state index contributed by atoms with van der Waals surface area (Å²) >= 11 is 0. The summed E-state index contributed by atoms with van der Waals surface area (Å²) in [5.74, 6) is 1.77. The Morgan fingerprint density at radius 3 is 2.69 bits per heavy atom. The van der Waals surface area contributed by atoms with E-state index in [1.54, 1.807) is 12.1 Å². The van der Waals surface area contributed by atoms with Crippen LogP contribution >= 0.6 is 0 Å². The first-order valence-electron chi connectivity index (χ1n) is 15.4. The first-order valence-corrected chi connectivity index (χ1v) is 15.4. The summed E-state index contributed by atoms with van der Waals surface area (Å²) in [6.07, 6.45) is 8.74. The average molecular weight is 534 g/mol. The molecule has 39 heavy (non-hydrogen) atoms. The number of rotatable bonds is 2. The average Bonchev–Trinajstić information content (AvgIpc) is 3.35. The van der Waals surface area contributed by atoms with E-state index < -0.39 is 0 Å². The Labute approximate surface area is 232 Å². The van der Waals surface area contributed by atoms with E-state index >= 15 is 0 Å². The molecule has 1 N–H and O–H groups in total. The lowest BCUT2D eigenvalue weighted by Crippen LogP contribution is -2.51. The van der Waals surface area contributed by atoms with Gasteiger partial charge in [-0.3, -0.25) is 9.69 Å². The zero-order valence-electron chi connectivity index (χ0n) is 24.0. The maximum atomic E-state index is 14.4. The fourth-order valence-electron chi connectivity index (χ4n) is 10.3. The van der Waals surface area contributed by atoms with Crippen LogP contribution in [0.2, 0.25) is 0 Å². The molecule has 2 aliphatic heterocycles. The van der Waals surface area contributed by atoms with Gasteiger partial charge in [0.05, 0.1) is 17.8 Å². The van der Waals surface area contributed by atoms with E-state index in [1.807, 2.05) is 12.1 Å². The number of hydrogen-bond acceptors (Lipinski definition) is 4. The van der Waals surface area contributed by atoms with Crippen LogP contribution in [0.5, 0.6) is 0 Å². The molecule has 4 aliphatic carbocycles. The lowest BCUT2D eigenvalue weighted by atomic mass is 9.56. The van der Waals surface area contributed by atoms with Gasteiger partial charge in [0.15, 0.2) is 5.78 Å². The number of aliphatic hydroxyl groups excluding tert-OH is 1. The van der Waals surface area contributed by atoms with Gasteiger partial charge in [0.25, 0.3) is 0 Å². The van der Waals surface area contributed by atoms with Gasteiger partial charge < -0.3 is 9.84 Å². The first-order chi connectivity index (χ1) is 18.6. The van der Waals surface area contributed by atoms with Crippen molar-refractivity contribution in [3.8, 4) is 0 Å². The summed E-state index contributed by atoms with van der Waals surface area (Å²) in [6, 6.07) is 7.23. The smallest absolute Gasteiger partial charge is 0.163 e. The van der Waals surface area contributed by atoms with Gasteiger partial charge in [0.1, 0.15) is 5.82 Å². The third-order valence-electron chi connectivity index (χ3n) is 12.1. The Kier molecular flexibility index (Phi) is 6.08. The van der Waals surface area contributed by atoms with Gasteiger partial charge in [-0.2, -0.15) is 0 Å². The topological polar surface area (TPSA) is 49.8 Å². The van der Waals surface area contributed by atoms with Crippen LogP contribution < -0.4 is 0 Å². The van der Waals surface area contributed by atoms with Crippen LogP contribution in [0.15, 0.2) is 47.1 Å². The highest BCUT2D eigenvalue weighted by atomic mass is 19.1. The van der Waals surface area contributed by atoms with Crippen LogP contribution in [0.25, 0.3) is 0 Å². The minimum atomic E-state index is -0.380. The Balaban J connectivity index is 1.22. The van der Waals surface area contributed by atoms with Crippen molar-refractivity contribution in [1.82, 2.24) is 4.90 Å². The van der Waals surface area contributed by atoms with E-state index in [2.05, 4.69) is 38.7 Å². The van der Waals surface area contributed by atoms with Crippen LogP contribution in [0.3, 0.4) is 0 Å². The van der Waals surface area contributed by atoms with Crippen molar-refractivity contribution in [3.05, 3.63) is 58.4 Å². The quantitative estimate of drug-likeness (QED) is 0.458. The molecule has 0 amide bonds. The van der Waals surface area contributed by atoms with Gasteiger partial charge in [-0.15, -0.1) is 0 Å². The molecule has 4 nitrogen and oxygen atoms in total. The second kappa shape index (κ2) is 9.09. The second-order valence-corrected chi connectivity index (χ2v) is 14.2. The molecule has 0 bridgehead atoms. The number of allylic oxidation sites excluding steroid dienone is 2. The standard InChI is InChI=1S/C34H44FNO3/c1-19-15-28-31(36(17-19)18-22-5-8-24(35)9-6-22)21(3)34(39-28)14-12-26-27-10-7-23-16-25(37)11-13-33(23,4)30(27)32(38)29(26)20(34)2/h5-9,19,21,25-28,30-31,37H,10-18H2,1-4H3/t19-,21+,25-,26-,27-,28+,30+,31-,33-,34-/m0/s1. The molecule has 2 saturated heterocycles. The van der Waals surface area contributed by atoms with Gasteiger partial charge in [-0.25, -0.2) is 4.39 Å². The third kappa shape index (κ3) is 3.75. The fraction of sp³-hybridized carbons (Fsp3) is 0.676. The highest BCUT2D eigenvalue weighted by Gasteiger charge is 2.64. The highest BCUT2D eigenvalue weighted by Crippen LogP contribution is 2.64. The van der Waals surface area contributed by atoms with Crippen LogP contribution in [0.1, 0.15) is 78.2 Å². The maximum absolute atomic E-state index is 14.4. The summed E-state index contributed by atoms with van der Waals surface area (Å²) < 4.78 is 20.8. The van der Waals surface area contributed by atoms with E-state index in [-0.39, 0.29) is 40.9 Å². The molecule has 210 valence electrons. The minimum Gasteiger partial charge on any atom is -0.393 e. The monoisotopic (exact) mass is 533 g/mol. The molecule has 0 unspecified atom stereocenters. The van der Waals surface area contributed by atoms with Gasteiger partial charge in [0, 0.05) is 36.5 Å². The zero-order chi connectivity index (χ0) is 27.3. The van der Waals surface area contributed by atoms with Crippen molar-refractivity contribution in [3.63, 3.8) is 0 Å². The van der Waals surface area contributed by atoms with E-state index in [0.717, 1.165) is 69.2 Å². The van der Waals surface area contributed by atoms with Crippen LogP contribution in [-0.4, -0.2) is 46.2 Å². The molecule has 10 atom stereocenters. The molecular weight excluding hydrogens is 489 g/mol. The SMILES string of the molecule is CC1=C2C(=O)[C@H]3[C@@H](CC=C4C[C@@H](O)CC[C@@]43C)[C@@H]2CC[C@]12O[C@@H]1C[C@H](C)CN(Cc3ccc(F)cc3)[C@H]1[C@H]2C. The van der Waals surface area contributed by atoms with Crippen molar-refractivity contribution in [2.75, 3.05) is 6.54 Å². The largest absolute Gasteiger partial charge is 0.393 e. The van der Waals surface area contributed by atoms with Gasteiger partial charge in [-0.1, -0.05) is 44.6 Å². The minimum absolute atomic E-state index is 0.0454. The number of likely N-dealkylation sites (tertiary alicyclic amines) is 1.